The lowest BCUT2D eigenvalue weighted by molar-refractivity contribution is -0.0167. The van der Waals surface area contributed by atoms with Gasteiger partial charge in [-0.15, -0.1) is 0 Å². The van der Waals surface area contributed by atoms with Gasteiger partial charge in [0.1, 0.15) is 5.41 Å². The van der Waals surface area contributed by atoms with E-state index in [9.17, 15) is 15.6 Å². The summed E-state index contributed by atoms with van der Waals surface area (Å²) < 4.78 is 33.9. The first-order valence-electron chi connectivity index (χ1n) is 9.42. The van der Waals surface area contributed by atoms with E-state index in [1.54, 1.807) is 54.6 Å². The molecule has 1 aliphatic carbocycles. The first-order valence-corrected chi connectivity index (χ1v) is 7.80. The van der Waals surface area contributed by atoms with Crippen LogP contribution in [0.25, 0.3) is 11.1 Å². The Labute approximate surface area is 152 Å². The molecule has 2 aromatic rings. The van der Waals surface area contributed by atoms with Crippen LogP contribution >= 0.6 is 11.6 Å². The van der Waals surface area contributed by atoms with Crippen molar-refractivity contribution in [2.45, 2.75) is 31.2 Å². The van der Waals surface area contributed by atoms with Gasteiger partial charge in [-0.1, -0.05) is 48.0 Å². The second-order valence-corrected chi connectivity index (χ2v) is 6.21. The van der Waals surface area contributed by atoms with Crippen molar-refractivity contribution in [1.82, 2.24) is 0 Å². The highest BCUT2D eigenvalue weighted by Gasteiger charge is 2.44. The summed E-state index contributed by atoms with van der Waals surface area (Å²) in [6.07, 6.45) is -6.33. The fraction of sp³-hybridized carbons (Fsp3) is 0.300. The Hall–Kier alpha value is -2.33. The van der Waals surface area contributed by atoms with Gasteiger partial charge in [0.15, 0.2) is 0 Å². The summed E-state index contributed by atoms with van der Waals surface area (Å²) in [4.78, 5) is 0. The summed E-state index contributed by atoms with van der Waals surface area (Å²) in [7, 11) is 0. The van der Waals surface area contributed by atoms with Gasteiger partial charge in [0.25, 0.3) is 0 Å². The molecule has 1 aliphatic rings. The molecule has 0 aliphatic heterocycles. The van der Waals surface area contributed by atoms with Crippen LogP contribution in [-0.2, 0) is 5.60 Å². The molecular formula is C20H17ClN2O. The van der Waals surface area contributed by atoms with Crippen molar-refractivity contribution in [3.8, 4) is 23.3 Å². The summed E-state index contributed by atoms with van der Waals surface area (Å²) in [6.45, 7) is 0. The van der Waals surface area contributed by atoms with E-state index < -0.39 is 36.6 Å². The molecule has 120 valence electrons. The van der Waals surface area contributed by atoms with Crippen LogP contribution in [0.3, 0.4) is 0 Å². The van der Waals surface area contributed by atoms with Gasteiger partial charge in [-0.3, -0.25) is 0 Å². The second-order valence-electron chi connectivity index (χ2n) is 5.78. The maximum atomic E-state index is 11.5. The van der Waals surface area contributed by atoms with Gasteiger partial charge in [0, 0.05) is 10.5 Å². The summed E-state index contributed by atoms with van der Waals surface area (Å²) in [5, 5.41) is 30.8. The zero-order chi connectivity index (χ0) is 20.8. The molecular weight excluding hydrogens is 320 g/mol. The quantitative estimate of drug-likeness (QED) is 0.853. The smallest absolute Gasteiger partial charge is 0.144 e. The number of hydrogen-bond donors (Lipinski definition) is 1. The minimum Gasteiger partial charge on any atom is -0.385 e. The highest BCUT2D eigenvalue weighted by molar-refractivity contribution is 6.30. The van der Waals surface area contributed by atoms with E-state index in [1.807, 2.05) is 0 Å². The molecule has 24 heavy (non-hydrogen) atoms. The molecule has 4 heteroatoms. The monoisotopic (exact) mass is 340 g/mol. The van der Waals surface area contributed by atoms with Crippen LogP contribution < -0.4 is 0 Å². The maximum absolute atomic E-state index is 11.5. The Morgan fingerprint density at radius 3 is 2.17 bits per heavy atom. The largest absolute Gasteiger partial charge is 0.385 e. The van der Waals surface area contributed by atoms with Gasteiger partial charge < -0.3 is 5.11 Å². The van der Waals surface area contributed by atoms with Crippen molar-refractivity contribution in [2.24, 2.45) is 5.41 Å². The second kappa shape index (κ2) is 6.29. The van der Waals surface area contributed by atoms with Crippen LogP contribution in [0, 0.1) is 28.1 Å². The van der Waals surface area contributed by atoms with E-state index >= 15 is 0 Å². The summed E-state index contributed by atoms with van der Waals surface area (Å²) in [5.74, 6) is 0. The maximum Gasteiger partial charge on any atom is 0.144 e. The third-order valence-electron chi connectivity index (χ3n) is 4.19. The summed E-state index contributed by atoms with van der Waals surface area (Å²) >= 11 is 5.94. The van der Waals surface area contributed by atoms with Gasteiger partial charge >= 0.3 is 0 Å². The van der Waals surface area contributed by atoms with Crippen molar-refractivity contribution in [3.63, 3.8) is 0 Å². The molecule has 0 bridgehead atoms. The van der Waals surface area contributed by atoms with E-state index in [1.165, 1.54) is 6.07 Å². The van der Waals surface area contributed by atoms with Gasteiger partial charge in [0.2, 0.25) is 0 Å². The lowest BCUT2D eigenvalue weighted by Gasteiger charge is -2.38. The van der Waals surface area contributed by atoms with Crippen LogP contribution in [0.4, 0.5) is 0 Å². The zero-order valence-corrected chi connectivity index (χ0v) is 13.5. The van der Waals surface area contributed by atoms with Crippen molar-refractivity contribution in [3.05, 3.63) is 59.1 Å². The van der Waals surface area contributed by atoms with Gasteiger partial charge in [-0.25, -0.2) is 0 Å². The summed E-state index contributed by atoms with van der Waals surface area (Å²) in [6, 6.07) is 16.7. The standard InChI is InChI=1S/C20H17ClN2O/c21-16-7-5-15(6-8-16)17-3-1-2-4-18(17)20(24)11-9-19(13-22,14-23)10-12-20/h1-8,24H,9-12H2/i11D2,12D2. The number of aliphatic hydroxyl groups is 1. The average molecular weight is 341 g/mol. The van der Waals surface area contributed by atoms with Crippen molar-refractivity contribution < 1.29 is 10.6 Å². The molecule has 1 N–H and O–H groups in total. The number of halogens is 1. The Bertz CT molecular complexity index is 959. The lowest BCUT2D eigenvalue weighted by Crippen LogP contribution is -2.36. The fourth-order valence-corrected chi connectivity index (χ4v) is 2.86. The minimum atomic E-state index is -2.57. The third kappa shape index (κ3) is 2.89. The van der Waals surface area contributed by atoms with Crippen molar-refractivity contribution in [2.75, 3.05) is 0 Å². The molecule has 0 unspecified atom stereocenters. The molecule has 0 spiro atoms. The summed E-state index contributed by atoms with van der Waals surface area (Å²) in [5.41, 5.74) is -3.26. The van der Waals surface area contributed by atoms with Crippen LogP contribution in [-0.4, -0.2) is 5.11 Å². The first kappa shape index (κ1) is 12.1. The highest BCUT2D eigenvalue weighted by Crippen LogP contribution is 2.47. The molecule has 3 rings (SSSR count). The molecule has 1 saturated carbocycles. The van der Waals surface area contributed by atoms with E-state index in [-0.39, 0.29) is 5.56 Å². The van der Waals surface area contributed by atoms with Crippen molar-refractivity contribution in [1.29, 1.82) is 10.5 Å². The Morgan fingerprint density at radius 2 is 1.58 bits per heavy atom. The highest BCUT2D eigenvalue weighted by atomic mass is 35.5. The number of hydrogen-bond acceptors (Lipinski definition) is 3. The molecule has 2 aromatic carbocycles. The number of nitriles is 2. The van der Waals surface area contributed by atoms with E-state index in [0.717, 1.165) is 0 Å². The molecule has 0 aromatic heterocycles. The molecule has 3 nitrogen and oxygen atoms in total. The van der Waals surface area contributed by atoms with Gasteiger partial charge in [-0.2, -0.15) is 10.5 Å². The normalized spacial score (nSPS) is 25.0. The topological polar surface area (TPSA) is 67.8 Å². The van der Waals surface area contributed by atoms with Crippen molar-refractivity contribution >= 4 is 11.6 Å². The third-order valence-corrected chi connectivity index (χ3v) is 4.44. The van der Waals surface area contributed by atoms with E-state index in [4.69, 9.17) is 17.1 Å². The van der Waals surface area contributed by atoms with E-state index in [0.29, 0.717) is 16.1 Å². The van der Waals surface area contributed by atoms with Crippen LogP contribution in [0.15, 0.2) is 48.5 Å². The number of benzene rings is 2. The Morgan fingerprint density at radius 1 is 1.00 bits per heavy atom. The molecule has 0 amide bonds. The Balaban J connectivity index is 2.25. The first-order chi connectivity index (χ1) is 13.0. The van der Waals surface area contributed by atoms with Crippen LogP contribution in [0.1, 0.15) is 36.6 Å². The number of nitrogens with zero attached hydrogens (tertiary/aromatic N) is 2. The van der Waals surface area contributed by atoms with Gasteiger partial charge in [0.05, 0.1) is 17.7 Å². The molecule has 0 atom stereocenters. The predicted octanol–water partition coefficient (Wildman–Crippen LogP) is 4.80. The van der Waals surface area contributed by atoms with Gasteiger partial charge in [-0.05, 0) is 54.4 Å². The predicted molar refractivity (Wildman–Crippen MR) is 92.9 cm³/mol. The van der Waals surface area contributed by atoms with E-state index in [2.05, 4.69) is 0 Å². The molecule has 1 fully saturated rings. The fourth-order valence-electron chi connectivity index (χ4n) is 2.74. The molecule has 0 heterocycles. The Kier molecular flexibility index (Phi) is 3.17. The molecule has 0 saturated heterocycles. The zero-order valence-electron chi connectivity index (χ0n) is 16.8. The molecule has 0 radical (unpaired) electrons. The lowest BCUT2D eigenvalue weighted by atomic mass is 9.67. The van der Waals surface area contributed by atoms with Crippen LogP contribution in [0.2, 0.25) is 5.02 Å². The SMILES string of the molecule is [2H]C1([2H])CC(C#N)(C#N)CC([2H])([2H])C1(O)c1ccccc1-c1ccc(Cl)cc1. The van der Waals surface area contributed by atoms with Crippen LogP contribution in [0.5, 0.6) is 0 Å². The number of rotatable bonds is 2. The minimum absolute atomic E-state index is 0.0665. The average Bonchev–Trinajstić information content (AvgIpc) is 2.66.